The number of aryl methyl sites for hydroxylation is 1. The Labute approximate surface area is 160 Å². The monoisotopic (exact) mass is 393 g/mol. The fraction of sp³-hybridized carbons (Fsp3) is 0.474. The summed E-state index contributed by atoms with van der Waals surface area (Å²) >= 11 is 0. The van der Waals surface area contributed by atoms with Crippen LogP contribution in [0.15, 0.2) is 36.7 Å². The molecule has 0 saturated carbocycles. The van der Waals surface area contributed by atoms with Crippen molar-refractivity contribution in [2.75, 3.05) is 13.1 Å². The maximum absolute atomic E-state index is 12.7. The van der Waals surface area contributed by atoms with Gasteiger partial charge in [-0.1, -0.05) is 6.07 Å². The van der Waals surface area contributed by atoms with Gasteiger partial charge in [-0.3, -0.25) is 4.90 Å². The SMILES string of the molecule is Cn1ncc(CN2CCC(Oc3cccc4c3ccn4CC(F)(F)F)CC2)n1. The van der Waals surface area contributed by atoms with Crippen LogP contribution in [0.4, 0.5) is 13.2 Å². The number of hydrogen-bond donors (Lipinski definition) is 0. The molecule has 0 N–H and O–H groups in total. The van der Waals surface area contributed by atoms with Gasteiger partial charge in [0, 0.05) is 38.3 Å². The van der Waals surface area contributed by atoms with Gasteiger partial charge in [-0.25, -0.2) is 0 Å². The highest BCUT2D eigenvalue weighted by Gasteiger charge is 2.28. The number of aromatic nitrogens is 4. The lowest BCUT2D eigenvalue weighted by atomic mass is 10.1. The molecule has 1 aliphatic rings. The van der Waals surface area contributed by atoms with Crippen LogP contribution in [0, 0.1) is 0 Å². The van der Waals surface area contributed by atoms with Crippen LogP contribution in [-0.2, 0) is 20.1 Å². The van der Waals surface area contributed by atoms with Crippen molar-refractivity contribution >= 4 is 10.9 Å². The summed E-state index contributed by atoms with van der Waals surface area (Å²) in [5.41, 5.74) is 1.48. The van der Waals surface area contributed by atoms with Gasteiger partial charge in [-0.2, -0.15) is 28.2 Å². The molecule has 0 unspecified atom stereocenters. The van der Waals surface area contributed by atoms with Crippen LogP contribution < -0.4 is 4.74 Å². The average Bonchev–Trinajstić information content (AvgIpc) is 3.22. The third-order valence-electron chi connectivity index (χ3n) is 4.98. The van der Waals surface area contributed by atoms with Gasteiger partial charge in [0.25, 0.3) is 0 Å². The fourth-order valence-corrected chi connectivity index (χ4v) is 3.68. The lowest BCUT2D eigenvalue weighted by Gasteiger charge is -2.31. The van der Waals surface area contributed by atoms with Crippen LogP contribution in [0.5, 0.6) is 5.75 Å². The molecular formula is C19H22F3N5O. The van der Waals surface area contributed by atoms with E-state index in [0.717, 1.165) is 38.2 Å². The second kappa shape index (κ2) is 7.46. The molecule has 150 valence electrons. The summed E-state index contributed by atoms with van der Waals surface area (Å²) in [5.74, 6) is 0.644. The normalized spacial score (nSPS) is 16.7. The molecule has 0 radical (unpaired) electrons. The molecule has 1 aliphatic heterocycles. The van der Waals surface area contributed by atoms with E-state index in [4.69, 9.17) is 4.74 Å². The number of halogens is 3. The largest absolute Gasteiger partial charge is 0.490 e. The van der Waals surface area contributed by atoms with Crippen LogP contribution in [0.2, 0.25) is 0 Å². The number of nitrogens with zero attached hydrogens (tertiary/aromatic N) is 5. The molecule has 3 heterocycles. The summed E-state index contributed by atoms with van der Waals surface area (Å²) in [4.78, 5) is 3.86. The van der Waals surface area contributed by atoms with E-state index in [9.17, 15) is 13.2 Å². The zero-order chi connectivity index (χ0) is 19.7. The molecule has 28 heavy (non-hydrogen) atoms. The second-order valence-corrected chi connectivity index (χ2v) is 7.17. The van der Waals surface area contributed by atoms with Gasteiger partial charge < -0.3 is 9.30 Å². The number of piperidine rings is 1. The van der Waals surface area contributed by atoms with Gasteiger partial charge in [0.15, 0.2) is 0 Å². The van der Waals surface area contributed by atoms with Crippen LogP contribution in [0.3, 0.4) is 0 Å². The molecule has 0 atom stereocenters. The summed E-state index contributed by atoms with van der Waals surface area (Å²) < 4.78 is 45.6. The Balaban J connectivity index is 1.39. The molecular weight excluding hydrogens is 371 g/mol. The Morgan fingerprint density at radius 2 is 1.96 bits per heavy atom. The van der Waals surface area contributed by atoms with E-state index >= 15 is 0 Å². The van der Waals surface area contributed by atoms with Gasteiger partial charge in [0.2, 0.25) is 0 Å². The molecule has 9 heteroatoms. The van der Waals surface area contributed by atoms with Gasteiger partial charge in [-0.15, -0.1) is 0 Å². The predicted octanol–water partition coefficient (Wildman–Crippen LogP) is 3.38. The highest BCUT2D eigenvalue weighted by atomic mass is 19.4. The van der Waals surface area contributed by atoms with Crippen LogP contribution in [0.25, 0.3) is 10.9 Å². The number of fused-ring (bicyclic) bond motifs is 1. The van der Waals surface area contributed by atoms with Crippen molar-refractivity contribution in [1.29, 1.82) is 0 Å². The zero-order valence-corrected chi connectivity index (χ0v) is 15.6. The molecule has 0 bridgehead atoms. The summed E-state index contributed by atoms with van der Waals surface area (Å²) in [7, 11) is 1.80. The van der Waals surface area contributed by atoms with E-state index in [2.05, 4.69) is 15.1 Å². The van der Waals surface area contributed by atoms with Crippen molar-refractivity contribution in [3.63, 3.8) is 0 Å². The van der Waals surface area contributed by atoms with Crippen LogP contribution >= 0.6 is 0 Å². The van der Waals surface area contributed by atoms with Crippen LogP contribution in [-0.4, -0.2) is 49.8 Å². The first kappa shape index (κ1) is 18.8. The third-order valence-corrected chi connectivity index (χ3v) is 4.98. The summed E-state index contributed by atoms with van der Waals surface area (Å²) in [5, 5.41) is 9.11. The first-order chi connectivity index (χ1) is 13.4. The third kappa shape index (κ3) is 4.30. The Morgan fingerprint density at radius 3 is 2.64 bits per heavy atom. The molecule has 3 aromatic rings. The molecule has 0 amide bonds. The molecule has 2 aromatic heterocycles. The van der Waals surface area contributed by atoms with E-state index in [1.54, 1.807) is 36.2 Å². The Bertz CT molecular complexity index is 941. The van der Waals surface area contributed by atoms with E-state index in [0.29, 0.717) is 16.7 Å². The maximum Gasteiger partial charge on any atom is 0.406 e. The van der Waals surface area contributed by atoms with Gasteiger partial charge >= 0.3 is 6.18 Å². The van der Waals surface area contributed by atoms with Crippen molar-refractivity contribution in [2.24, 2.45) is 7.05 Å². The Kier molecular flexibility index (Phi) is 5.01. The average molecular weight is 393 g/mol. The number of ether oxygens (including phenoxy) is 1. The molecule has 1 aromatic carbocycles. The Morgan fingerprint density at radius 1 is 1.18 bits per heavy atom. The fourth-order valence-electron chi connectivity index (χ4n) is 3.68. The van der Waals surface area contributed by atoms with E-state index in [1.807, 2.05) is 6.07 Å². The molecule has 4 rings (SSSR count). The highest BCUT2D eigenvalue weighted by molar-refractivity contribution is 5.86. The van der Waals surface area contributed by atoms with Gasteiger partial charge in [0.1, 0.15) is 18.4 Å². The van der Waals surface area contributed by atoms with E-state index in [1.165, 1.54) is 10.8 Å². The van der Waals surface area contributed by atoms with Crippen molar-refractivity contribution in [1.82, 2.24) is 24.5 Å². The van der Waals surface area contributed by atoms with E-state index in [-0.39, 0.29) is 6.10 Å². The minimum Gasteiger partial charge on any atom is -0.490 e. The summed E-state index contributed by atoms with van der Waals surface area (Å²) in [6.45, 7) is 1.52. The van der Waals surface area contributed by atoms with Crippen molar-refractivity contribution in [2.45, 2.75) is 38.2 Å². The highest BCUT2D eigenvalue weighted by Crippen LogP contribution is 2.31. The lowest BCUT2D eigenvalue weighted by molar-refractivity contribution is -0.139. The Hall–Kier alpha value is -2.55. The number of rotatable bonds is 5. The number of likely N-dealkylation sites (tertiary alicyclic amines) is 1. The molecule has 1 fully saturated rings. The minimum atomic E-state index is -4.25. The standard InChI is InChI=1S/C19H22F3N5O/c1-25-23-11-14(24-25)12-26-8-5-15(6-9-26)28-18-4-2-3-17-16(18)7-10-27(17)13-19(20,21)22/h2-4,7,10-11,15H,5-6,8-9,12-13H2,1H3. The smallest absolute Gasteiger partial charge is 0.406 e. The maximum atomic E-state index is 12.7. The minimum absolute atomic E-state index is 0.0506. The van der Waals surface area contributed by atoms with Gasteiger partial charge in [0.05, 0.1) is 17.4 Å². The van der Waals surface area contributed by atoms with E-state index < -0.39 is 12.7 Å². The van der Waals surface area contributed by atoms with Crippen molar-refractivity contribution in [3.05, 3.63) is 42.4 Å². The number of alkyl halides is 3. The zero-order valence-electron chi connectivity index (χ0n) is 15.6. The molecule has 0 spiro atoms. The quantitative estimate of drug-likeness (QED) is 0.667. The van der Waals surface area contributed by atoms with Gasteiger partial charge in [-0.05, 0) is 31.0 Å². The number of hydrogen-bond acceptors (Lipinski definition) is 4. The summed E-state index contributed by atoms with van der Waals surface area (Å²) in [6.07, 6.45) is 0.761. The molecule has 6 nitrogen and oxygen atoms in total. The second-order valence-electron chi connectivity index (χ2n) is 7.17. The first-order valence-corrected chi connectivity index (χ1v) is 9.26. The number of benzene rings is 1. The van der Waals surface area contributed by atoms with Crippen molar-refractivity contribution < 1.29 is 17.9 Å². The first-order valence-electron chi connectivity index (χ1n) is 9.26. The molecule has 0 aliphatic carbocycles. The predicted molar refractivity (Wildman–Crippen MR) is 97.9 cm³/mol. The van der Waals surface area contributed by atoms with Crippen molar-refractivity contribution in [3.8, 4) is 5.75 Å². The summed E-state index contributed by atoms with van der Waals surface area (Å²) in [6, 6.07) is 6.96. The van der Waals surface area contributed by atoms with Crippen LogP contribution in [0.1, 0.15) is 18.5 Å². The topological polar surface area (TPSA) is 48.1 Å². The lowest BCUT2D eigenvalue weighted by Crippen LogP contribution is -2.37. The molecule has 1 saturated heterocycles.